The van der Waals surface area contributed by atoms with Crippen molar-refractivity contribution in [2.24, 2.45) is 10.9 Å². The number of hydrogen-bond donors (Lipinski definition) is 3. The monoisotopic (exact) mass is 547 g/mol. The highest BCUT2D eigenvalue weighted by atomic mass is 127. The Labute approximate surface area is 193 Å². The van der Waals surface area contributed by atoms with Gasteiger partial charge < -0.3 is 25.2 Å². The van der Waals surface area contributed by atoms with Crippen molar-refractivity contribution in [1.29, 1.82) is 0 Å². The van der Waals surface area contributed by atoms with Gasteiger partial charge in [-0.15, -0.1) is 24.0 Å². The lowest BCUT2D eigenvalue weighted by Gasteiger charge is -2.18. The molecule has 0 heterocycles. The van der Waals surface area contributed by atoms with Gasteiger partial charge in [-0.25, -0.2) is 4.99 Å². The molecular formula is C20H33F3IN3O3. The van der Waals surface area contributed by atoms with Gasteiger partial charge in [-0.2, -0.15) is 13.2 Å². The molecule has 1 atom stereocenters. The molecule has 10 heteroatoms. The summed E-state index contributed by atoms with van der Waals surface area (Å²) in [5.74, 6) is 1.27. The van der Waals surface area contributed by atoms with Crippen LogP contribution in [0.15, 0.2) is 23.2 Å². The first kappa shape index (κ1) is 28.6. The van der Waals surface area contributed by atoms with Crippen LogP contribution in [0.4, 0.5) is 13.2 Å². The number of nitrogens with zero attached hydrogens (tertiary/aromatic N) is 1. The maximum atomic E-state index is 12.4. The molecule has 1 aromatic carbocycles. The third-order valence-electron chi connectivity index (χ3n) is 4.18. The van der Waals surface area contributed by atoms with Crippen LogP contribution in [0.2, 0.25) is 0 Å². The Hall–Kier alpha value is -1.43. The Kier molecular flexibility index (Phi) is 14.7. The van der Waals surface area contributed by atoms with Crippen LogP contribution in [0.1, 0.15) is 38.7 Å². The van der Waals surface area contributed by atoms with E-state index in [1.165, 1.54) is 13.2 Å². The van der Waals surface area contributed by atoms with Crippen molar-refractivity contribution in [2.75, 3.05) is 33.4 Å². The second-order valence-electron chi connectivity index (χ2n) is 6.63. The molecule has 0 saturated carbocycles. The Morgan fingerprint density at radius 2 is 1.90 bits per heavy atom. The number of aliphatic hydroxyl groups is 1. The van der Waals surface area contributed by atoms with Crippen molar-refractivity contribution >= 4 is 29.9 Å². The molecule has 0 saturated heterocycles. The Morgan fingerprint density at radius 3 is 2.47 bits per heavy atom. The molecule has 3 N–H and O–H groups in total. The molecule has 0 aliphatic rings. The van der Waals surface area contributed by atoms with Gasteiger partial charge in [-0.05, 0) is 43.4 Å². The van der Waals surface area contributed by atoms with E-state index in [-0.39, 0.29) is 42.1 Å². The van der Waals surface area contributed by atoms with Gasteiger partial charge >= 0.3 is 6.18 Å². The zero-order valence-electron chi connectivity index (χ0n) is 17.7. The molecule has 1 rings (SSSR count). The van der Waals surface area contributed by atoms with Crippen molar-refractivity contribution in [3.05, 3.63) is 23.8 Å². The molecule has 0 fully saturated rings. The predicted molar refractivity (Wildman–Crippen MR) is 123 cm³/mol. The molecule has 0 aliphatic heterocycles. The smallest absolute Gasteiger partial charge is 0.422 e. The number of nitrogens with one attached hydrogen (secondary N) is 2. The van der Waals surface area contributed by atoms with E-state index in [0.29, 0.717) is 31.5 Å². The van der Waals surface area contributed by atoms with Crippen LogP contribution in [-0.4, -0.2) is 50.7 Å². The van der Waals surface area contributed by atoms with Gasteiger partial charge in [0.2, 0.25) is 0 Å². The number of alkyl halides is 3. The van der Waals surface area contributed by atoms with E-state index in [2.05, 4.69) is 22.5 Å². The third kappa shape index (κ3) is 11.7. The SMILES string of the molecule is CCCC(CCO)CNC(=NCc1ccc(OCC(F)(F)F)c(OC)c1)NCC.I. The summed E-state index contributed by atoms with van der Waals surface area (Å²) < 4.78 is 47.0. The average Bonchev–Trinajstić information content (AvgIpc) is 2.68. The topological polar surface area (TPSA) is 75.1 Å². The van der Waals surface area contributed by atoms with Gasteiger partial charge in [0.1, 0.15) is 0 Å². The standard InChI is InChI=1S/C20H32F3N3O3.HI/c1-4-6-15(9-10-27)12-25-19(24-5-2)26-13-16-7-8-17(18(11-16)28-3)29-14-20(21,22)23;/h7-8,11,15,27H,4-6,9-10,12-14H2,1-3H3,(H2,24,25,26);1H. The van der Waals surface area contributed by atoms with Gasteiger partial charge in [-0.1, -0.05) is 19.4 Å². The first-order valence-electron chi connectivity index (χ1n) is 9.82. The highest BCUT2D eigenvalue weighted by Gasteiger charge is 2.29. The first-order chi connectivity index (χ1) is 13.8. The number of benzene rings is 1. The molecule has 174 valence electrons. The fourth-order valence-electron chi connectivity index (χ4n) is 2.78. The number of rotatable bonds is 12. The summed E-state index contributed by atoms with van der Waals surface area (Å²) in [7, 11) is 1.38. The number of aliphatic imine (C=N–C) groups is 1. The van der Waals surface area contributed by atoms with Crippen molar-refractivity contribution in [1.82, 2.24) is 10.6 Å². The van der Waals surface area contributed by atoms with Gasteiger partial charge in [0.25, 0.3) is 0 Å². The number of ether oxygens (including phenoxy) is 2. The van der Waals surface area contributed by atoms with Gasteiger partial charge in [-0.3, -0.25) is 0 Å². The molecule has 0 aliphatic carbocycles. The van der Waals surface area contributed by atoms with Crippen molar-refractivity contribution < 1.29 is 27.8 Å². The maximum Gasteiger partial charge on any atom is 0.422 e. The average molecular weight is 547 g/mol. The molecule has 6 nitrogen and oxygen atoms in total. The van der Waals surface area contributed by atoms with E-state index in [9.17, 15) is 18.3 Å². The lowest BCUT2D eigenvalue weighted by Crippen LogP contribution is -2.40. The normalized spacial score (nSPS) is 12.7. The van der Waals surface area contributed by atoms with Crippen molar-refractivity contribution in [2.45, 2.75) is 45.8 Å². The third-order valence-corrected chi connectivity index (χ3v) is 4.18. The summed E-state index contributed by atoms with van der Waals surface area (Å²) in [6.45, 7) is 4.57. The zero-order chi connectivity index (χ0) is 21.7. The zero-order valence-corrected chi connectivity index (χ0v) is 20.0. The highest BCUT2D eigenvalue weighted by Crippen LogP contribution is 2.30. The van der Waals surface area contributed by atoms with E-state index in [4.69, 9.17) is 9.47 Å². The minimum atomic E-state index is -4.41. The number of methoxy groups -OCH3 is 1. The lowest BCUT2D eigenvalue weighted by molar-refractivity contribution is -0.153. The van der Waals surface area contributed by atoms with Crippen LogP contribution in [0, 0.1) is 5.92 Å². The van der Waals surface area contributed by atoms with Crippen molar-refractivity contribution in [3.8, 4) is 11.5 Å². The maximum absolute atomic E-state index is 12.4. The Morgan fingerprint density at radius 1 is 1.17 bits per heavy atom. The number of guanidine groups is 1. The number of aliphatic hydroxyl groups excluding tert-OH is 1. The van der Waals surface area contributed by atoms with E-state index in [1.54, 1.807) is 12.1 Å². The molecule has 1 unspecified atom stereocenters. The predicted octanol–water partition coefficient (Wildman–Crippen LogP) is 4.11. The molecule has 0 bridgehead atoms. The first-order valence-corrected chi connectivity index (χ1v) is 9.82. The van der Waals surface area contributed by atoms with Gasteiger partial charge in [0, 0.05) is 19.7 Å². The lowest BCUT2D eigenvalue weighted by atomic mass is 10.0. The Bertz CT molecular complexity index is 625. The minimum Gasteiger partial charge on any atom is -0.493 e. The minimum absolute atomic E-state index is 0. The summed E-state index contributed by atoms with van der Waals surface area (Å²) in [6, 6.07) is 4.73. The van der Waals surface area contributed by atoms with E-state index < -0.39 is 12.8 Å². The molecule has 1 aromatic rings. The van der Waals surface area contributed by atoms with Crippen molar-refractivity contribution in [3.63, 3.8) is 0 Å². The molecule has 0 aromatic heterocycles. The molecule has 0 amide bonds. The van der Waals surface area contributed by atoms with Crippen LogP contribution in [-0.2, 0) is 6.54 Å². The molecule has 30 heavy (non-hydrogen) atoms. The summed E-state index contributed by atoms with van der Waals surface area (Å²) in [5.41, 5.74) is 0.777. The van der Waals surface area contributed by atoms with Gasteiger partial charge in [0.15, 0.2) is 24.1 Å². The fourth-order valence-corrected chi connectivity index (χ4v) is 2.78. The van der Waals surface area contributed by atoms with E-state index in [0.717, 1.165) is 24.8 Å². The Balaban J connectivity index is 0.00000841. The number of halogens is 4. The highest BCUT2D eigenvalue weighted by molar-refractivity contribution is 14.0. The molecule has 0 radical (unpaired) electrons. The number of hydrogen-bond acceptors (Lipinski definition) is 4. The summed E-state index contributed by atoms with van der Waals surface area (Å²) in [4.78, 5) is 4.52. The largest absolute Gasteiger partial charge is 0.493 e. The fraction of sp³-hybridized carbons (Fsp3) is 0.650. The van der Waals surface area contributed by atoms with E-state index in [1.807, 2.05) is 6.92 Å². The van der Waals surface area contributed by atoms with Crippen LogP contribution < -0.4 is 20.1 Å². The molecule has 0 spiro atoms. The van der Waals surface area contributed by atoms with Crippen LogP contribution in [0.25, 0.3) is 0 Å². The van der Waals surface area contributed by atoms with Gasteiger partial charge in [0.05, 0.1) is 13.7 Å². The molecular weight excluding hydrogens is 514 g/mol. The van der Waals surface area contributed by atoms with Crippen LogP contribution in [0.3, 0.4) is 0 Å². The summed E-state index contributed by atoms with van der Waals surface area (Å²) in [5, 5.41) is 15.6. The summed E-state index contributed by atoms with van der Waals surface area (Å²) in [6.07, 6.45) is -1.62. The second-order valence-corrected chi connectivity index (χ2v) is 6.63. The van der Waals surface area contributed by atoms with Crippen LogP contribution in [0.5, 0.6) is 11.5 Å². The second kappa shape index (κ2) is 15.4. The van der Waals surface area contributed by atoms with Crippen LogP contribution >= 0.6 is 24.0 Å². The summed E-state index contributed by atoms with van der Waals surface area (Å²) >= 11 is 0. The van der Waals surface area contributed by atoms with E-state index >= 15 is 0 Å². The quantitative estimate of drug-likeness (QED) is 0.209.